The minimum atomic E-state index is -0.901. The molecule has 0 amide bonds. The van der Waals surface area contributed by atoms with Crippen LogP contribution in [-0.4, -0.2) is 26.7 Å². The predicted molar refractivity (Wildman–Crippen MR) is 74.7 cm³/mol. The maximum absolute atomic E-state index is 12.2. The van der Waals surface area contributed by atoms with Gasteiger partial charge in [-0.1, -0.05) is 18.2 Å². The highest BCUT2D eigenvalue weighted by atomic mass is 16.4. The van der Waals surface area contributed by atoms with Gasteiger partial charge in [-0.25, -0.2) is 0 Å². The van der Waals surface area contributed by atoms with Crippen LogP contribution in [0.2, 0.25) is 0 Å². The molecule has 2 aromatic rings. The fraction of sp³-hybridized carbons (Fsp3) is 0.333. The number of carbonyl (C=O) groups excluding carboxylic acids is 1. The van der Waals surface area contributed by atoms with E-state index in [1.165, 1.54) is 4.57 Å². The number of benzene rings is 1. The van der Waals surface area contributed by atoms with Gasteiger partial charge in [-0.15, -0.1) is 0 Å². The smallest absolute Gasteiger partial charge is 0.303 e. The number of hydrogen-bond acceptors (Lipinski definition) is 3. The zero-order valence-corrected chi connectivity index (χ0v) is 11.3. The highest BCUT2D eigenvalue weighted by Crippen LogP contribution is 2.25. The molecule has 2 rings (SSSR count). The number of carboxylic acids is 1. The monoisotopic (exact) mass is 275 g/mol. The summed E-state index contributed by atoms with van der Waals surface area (Å²) in [5.74, 6) is -1.05. The van der Waals surface area contributed by atoms with Gasteiger partial charge >= 0.3 is 5.97 Å². The molecule has 0 unspecified atom stereocenters. The number of para-hydroxylation sites is 1. The first kappa shape index (κ1) is 14.3. The van der Waals surface area contributed by atoms with E-state index in [-0.39, 0.29) is 25.4 Å². The molecule has 0 saturated carbocycles. The van der Waals surface area contributed by atoms with Crippen LogP contribution in [0, 0.1) is 6.92 Å². The lowest BCUT2D eigenvalue weighted by Crippen LogP contribution is -2.10. The molecule has 0 aliphatic rings. The SMILES string of the molecule is Cc1cccc2c(CO)cn(C(=O)CCCC(=O)O)c12. The number of aliphatic hydroxyl groups is 1. The first-order chi connectivity index (χ1) is 9.54. The average molecular weight is 275 g/mol. The van der Waals surface area contributed by atoms with Crippen molar-refractivity contribution in [2.24, 2.45) is 0 Å². The number of hydrogen-bond donors (Lipinski definition) is 2. The summed E-state index contributed by atoms with van der Waals surface area (Å²) in [4.78, 5) is 22.7. The summed E-state index contributed by atoms with van der Waals surface area (Å²) in [6.07, 6.45) is 2.11. The van der Waals surface area contributed by atoms with Crippen molar-refractivity contribution in [2.75, 3.05) is 0 Å². The number of aliphatic carboxylic acids is 1. The van der Waals surface area contributed by atoms with Crippen LogP contribution in [0.25, 0.3) is 10.9 Å². The summed E-state index contributed by atoms with van der Waals surface area (Å²) in [5.41, 5.74) is 2.45. The highest BCUT2D eigenvalue weighted by molar-refractivity contribution is 5.96. The van der Waals surface area contributed by atoms with Crippen LogP contribution >= 0.6 is 0 Å². The van der Waals surface area contributed by atoms with E-state index < -0.39 is 5.97 Å². The molecule has 0 saturated heterocycles. The van der Waals surface area contributed by atoms with Gasteiger partial charge in [0.2, 0.25) is 5.91 Å². The Kier molecular flexibility index (Phi) is 4.20. The summed E-state index contributed by atoms with van der Waals surface area (Å²) in [5, 5.41) is 18.8. The molecule has 0 aliphatic heterocycles. The Morgan fingerprint density at radius 3 is 2.65 bits per heavy atom. The van der Waals surface area contributed by atoms with Gasteiger partial charge in [0, 0.05) is 30.0 Å². The zero-order chi connectivity index (χ0) is 14.7. The lowest BCUT2D eigenvalue weighted by Gasteiger charge is -2.05. The van der Waals surface area contributed by atoms with Crippen LogP contribution in [0.3, 0.4) is 0 Å². The number of carboxylic acid groups (broad SMARTS) is 1. The molecular formula is C15H17NO4. The van der Waals surface area contributed by atoms with Crippen LogP contribution in [-0.2, 0) is 11.4 Å². The molecule has 0 radical (unpaired) electrons. The minimum absolute atomic E-state index is 0.0171. The predicted octanol–water partition coefficient (Wildman–Crippen LogP) is 2.34. The second-order valence-corrected chi connectivity index (χ2v) is 4.79. The van der Waals surface area contributed by atoms with E-state index in [1.807, 2.05) is 25.1 Å². The summed E-state index contributed by atoms with van der Waals surface area (Å²) < 4.78 is 1.53. The van der Waals surface area contributed by atoms with Crippen molar-refractivity contribution in [1.29, 1.82) is 0 Å². The van der Waals surface area contributed by atoms with Gasteiger partial charge in [0.1, 0.15) is 0 Å². The van der Waals surface area contributed by atoms with Crippen molar-refractivity contribution in [3.63, 3.8) is 0 Å². The van der Waals surface area contributed by atoms with Crippen LogP contribution in [0.5, 0.6) is 0 Å². The van der Waals surface area contributed by atoms with E-state index in [4.69, 9.17) is 5.11 Å². The van der Waals surface area contributed by atoms with Crippen molar-refractivity contribution >= 4 is 22.8 Å². The van der Waals surface area contributed by atoms with E-state index in [0.29, 0.717) is 12.0 Å². The van der Waals surface area contributed by atoms with Gasteiger partial charge in [-0.3, -0.25) is 14.2 Å². The molecule has 0 spiro atoms. The summed E-state index contributed by atoms with van der Waals surface area (Å²) >= 11 is 0. The molecule has 1 heterocycles. The number of carbonyl (C=O) groups is 2. The van der Waals surface area contributed by atoms with E-state index in [0.717, 1.165) is 16.5 Å². The normalized spacial score (nSPS) is 10.9. The molecule has 5 heteroatoms. The molecule has 1 aromatic heterocycles. The zero-order valence-electron chi connectivity index (χ0n) is 11.3. The van der Waals surface area contributed by atoms with E-state index in [2.05, 4.69) is 0 Å². The Bertz CT molecular complexity index is 657. The second kappa shape index (κ2) is 5.88. The van der Waals surface area contributed by atoms with Gasteiger partial charge in [0.05, 0.1) is 12.1 Å². The van der Waals surface area contributed by atoms with Crippen LogP contribution in [0.4, 0.5) is 0 Å². The number of aryl methyl sites for hydroxylation is 1. The lowest BCUT2D eigenvalue weighted by molar-refractivity contribution is -0.137. The Morgan fingerprint density at radius 2 is 2.00 bits per heavy atom. The summed E-state index contributed by atoms with van der Waals surface area (Å²) in [6, 6.07) is 5.66. The quantitative estimate of drug-likeness (QED) is 0.877. The first-order valence-corrected chi connectivity index (χ1v) is 6.50. The van der Waals surface area contributed by atoms with E-state index in [9.17, 15) is 14.7 Å². The molecule has 2 N–H and O–H groups in total. The molecule has 5 nitrogen and oxygen atoms in total. The Hall–Kier alpha value is -2.14. The van der Waals surface area contributed by atoms with E-state index >= 15 is 0 Å². The van der Waals surface area contributed by atoms with Crippen molar-refractivity contribution in [3.8, 4) is 0 Å². The molecule has 106 valence electrons. The summed E-state index contributed by atoms with van der Waals surface area (Å²) in [7, 11) is 0. The summed E-state index contributed by atoms with van der Waals surface area (Å²) in [6.45, 7) is 1.78. The van der Waals surface area contributed by atoms with Gasteiger partial charge in [-0.2, -0.15) is 0 Å². The third kappa shape index (κ3) is 2.72. The molecule has 0 aliphatic carbocycles. The molecule has 20 heavy (non-hydrogen) atoms. The first-order valence-electron chi connectivity index (χ1n) is 6.50. The lowest BCUT2D eigenvalue weighted by atomic mass is 10.1. The van der Waals surface area contributed by atoms with Gasteiger partial charge in [0.25, 0.3) is 0 Å². The standard InChI is InChI=1S/C15H17NO4/c1-10-4-2-5-12-11(9-17)8-16(15(10)12)13(18)6-3-7-14(19)20/h2,4-5,8,17H,3,6-7,9H2,1H3,(H,19,20). The van der Waals surface area contributed by atoms with Crippen molar-refractivity contribution < 1.29 is 19.8 Å². The topological polar surface area (TPSA) is 79.5 Å². The number of nitrogens with zero attached hydrogens (tertiary/aromatic N) is 1. The van der Waals surface area contributed by atoms with Crippen molar-refractivity contribution in [3.05, 3.63) is 35.5 Å². The van der Waals surface area contributed by atoms with Crippen molar-refractivity contribution in [2.45, 2.75) is 32.8 Å². The maximum Gasteiger partial charge on any atom is 0.303 e. The fourth-order valence-corrected chi connectivity index (χ4v) is 2.36. The number of aliphatic hydroxyl groups excluding tert-OH is 1. The van der Waals surface area contributed by atoms with Gasteiger partial charge < -0.3 is 10.2 Å². The highest BCUT2D eigenvalue weighted by Gasteiger charge is 2.15. The molecular weight excluding hydrogens is 258 g/mol. The Labute approximate surface area is 116 Å². The van der Waals surface area contributed by atoms with Crippen LogP contribution in [0.15, 0.2) is 24.4 Å². The second-order valence-electron chi connectivity index (χ2n) is 4.79. The number of aromatic nitrogens is 1. The third-order valence-corrected chi connectivity index (χ3v) is 3.33. The average Bonchev–Trinajstić information content (AvgIpc) is 2.78. The Balaban J connectivity index is 2.34. The number of rotatable bonds is 5. The molecule has 0 atom stereocenters. The van der Waals surface area contributed by atoms with Gasteiger partial charge in [0.15, 0.2) is 0 Å². The van der Waals surface area contributed by atoms with Crippen LogP contribution in [0.1, 0.15) is 35.2 Å². The molecule has 1 aromatic carbocycles. The number of fused-ring (bicyclic) bond motifs is 1. The third-order valence-electron chi connectivity index (χ3n) is 3.33. The van der Waals surface area contributed by atoms with Crippen molar-refractivity contribution in [1.82, 2.24) is 4.57 Å². The largest absolute Gasteiger partial charge is 0.481 e. The molecule has 0 bridgehead atoms. The Morgan fingerprint density at radius 1 is 1.25 bits per heavy atom. The minimum Gasteiger partial charge on any atom is -0.481 e. The fourth-order valence-electron chi connectivity index (χ4n) is 2.36. The van der Waals surface area contributed by atoms with E-state index in [1.54, 1.807) is 6.20 Å². The van der Waals surface area contributed by atoms with Crippen LogP contribution < -0.4 is 0 Å². The molecule has 0 fully saturated rings. The van der Waals surface area contributed by atoms with Gasteiger partial charge in [-0.05, 0) is 18.9 Å². The maximum atomic E-state index is 12.2.